The number of hydrogen-bond acceptors (Lipinski definition) is 5. The summed E-state index contributed by atoms with van der Waals surface area (Å²) in [6.45, 7) is 1.46. The monoisotopic (exact) mass is 252 g/mol. The summed E-state index contributed by atoms with van der Waals surface area (Å²) in [7, 11) is -3.53. The smallest absolute Gasteiger partial charge is 0.242 e. The molecule has 1 aromatic heterocycles. The zero-order chi connectivity index (χ0) is 12.3. The fourth-order valence-electron chi connectivity index (χ4n) is 1.65. The van der Waals surface area contributed by atoms with Gasteiger partial charge in [-0.2, -0.15) is 5.26 Å². The number of nitriles is 1. The summed E-state index contributed by atoms with van der Waals surface area (Å²) in [4.78, 5) is 3.83. The van der Waals surface area contributed by atoms with Gasteiger partial charge in [0.25, 0.3) is 0 Å². The number of aromatic nitrogens is 1. The van der Waals surface area contributed by atoms with Crippen LogP contribution in [0.2, 0.25) is 0 Å². The second-order valence-corrected chi connectivity index (χ2v) is 5.52. The zero-order valence-electron chi connectivity index (χ0n) is 9.05. The van der Waals surface area contributed by atoms with Crippen LogP contribution in [-0.4, -0.2) is 32.5 Å². The molecular formula is C10H12N4O2S. The van der Waals surface area contributed by atoms with Gasteiger partial charge < -0.3 is 5.32 Å². The Morgan fingerprint density at radius 2 is 2.35 bits per heavy atom. The molecule has 90 valence electrons. The van der Waals surface area contributed by atoms with Crippen molar-refractivity contribution in [3.63, 3.8) is 0 Å². The molecule has 2 heterocycles. The minimum atomic E-state index is -3.53. The average Bonchev–Trinajstić information content (AvgIpc) is 2.81. The summed E-state index contributed by atoms with van der Waals surface area (Å²) in [6, 6.07) is 4.54. The maximum atomic E-state index is 11.9. The van der Waals surface area contributed by atoms with Crippen LogP contribution in [0.4, 0.5) is 0 Å². The molecule has 0 amide bonds. The molecule has 0 radical (unpaired) electrons. The van der Waals surface area contributed by atoms with Crippen molar-refractivity contribution in [3.8, 4) is 6.07 Å². The van der Waals surface area contributed by atoms with Gasteiger partial charge in [0.2, 0.25) is 10.0 Å². The van der Waals surface area contributed by atoms with Crippen molar-refractivity contribution in [2.24, 2.45) is 0 Å². The summed E-state index contributed by atoms with van der Waals surface area (Å²) in [5.41, 5.74) is 0.200. The van der Waals surface area contributed by atoms with Crippen LogP contribution in [0.25, 0.3) is 0 Å². The first kappa shape index (κ1) is 12.0. The lowest BCUT2D eigenvalue weighted by molar-refractivity contribution is 0.560. The van der Waals surface area contributed by atoms with E-state index in [-0.39, 0.29) is 16.6 Å². The molecule has 6 nitrogen and oxygen atoms in total. The molecule has 17 heavy (non-hydrogen) atoms. The molecule has 0 unspecified atom stereocenters. The van der Waals surface area contributed by atoms with E-state index < -0.39 is 10.0 Å². The molecular weight excluding hydrogens is 240 g/mol. The molecule has 1 aliphatic rings. The fraction of sp³-hybridized carbons (Fsp3) is 0.400. The van der Waals surface area contributed by atoms with Crippen LogP contribution in [0.15, 0.2) is 23.2 Å². The summed E-state index contributed by atoms with van der Waals surface area (Å²) in [5, 5.41) is 11.7. The molecule has 1 aliphatic heterocycles. The van der Waals surface area contributed by atoms with Gasteiger partial charge >= 0.3 is 0 Å². The molecule has 1 saturated heterocycles. The largest absolute Gasteiger partial charge is 0.315 e. The van der Waals surface area contributed by atoms with E-state index in [2.05, 4.69) is 15.0 Å². The van der Waals surface area contributed by atoms with Crippen LogP contribution in [-0.2, 0) is 10.0 Å². The summed E-state index contributed by atoms with van der Waals surface area (Å²) < 4.78 is 26.4. The van der Waals surface area contributed by atoms with E-state index in [4.69, 9.17) is 5.26 Å². The van der Waals surface area contributed by atoms with Crippen LogP contribution < -0.4 is 10.0 Å². The number of hydrogen-bond donors (Lipinski definition) is 2. The zero-order valence-corrected chi connectivity index (χ0v) is 9.87. The van der Waals surface area contributed by atoms with E-state index in [1.165, 1.54) is 18.3 Å². The molecule has 2 N–H and O–H groups in total. The van der Waals surface area contributed by atoms with Gasteiger partial charge in [0.1, 0.15) is 16.7 Å². The Bertz CT molecular complexity index is 526. The standard InChI is InChI=1S/C10H12N4O2S/c11-5-8-1-2-10(7-13-8)17(15,16)14-9-3-4-12-6-9/h1-2,7,9,12,14H,3-4,6H2/t9-/m0/s1. The fourth-order valence-corrected chi connectivity index (χ4v) is 2.86. The summed E-state index contributed by atoms with van der Waals surface area (Å²) in [6.07, 6.45) is 1.98. The lowest BCUT2D eigenvalue weighted by Gasteiger charge is -2.11. The molecule has 1 aromatic rings. The highest BCUT2D eigenvalue weighted by Crippen LogP contribution is 2.10. The summed E-state index contributed by atoms with van der Waals surface area (Å²) in [5.74, 6) is 0. The highest BCUT2D eigenvalue weighted by molar-refractivity contribution is 7.89. The lowest BCUT2D eigenvalue weighted by atomic mass is 10.3. The normalized spacial score (nSPS) is 20.1. The van der Waals surface area contributed by atoms with Crippen molar-refractivity contribution < 1.29 is 8.42 Å². The average molecular weight is 252 g/mol. The second-order valence-electron chi connectivity index (χ2n) is 3.80. The van der Waals surface area contributed by atoms with Crippen molar-refractivity contribution in [3.05, 3.63) is 24.0 Å². The van der Waals surface area contributed by atoms with Crippen molar-refractivity contribution in [2.45, 2.75) is 17.4 Å². The van der Waals surface area contributed by atoms with Crippen LogP contribution in [0.1, 0.15) is 12.1 Å². The van der Waals surface area contributed by atoms with Gasteiger partial charge in [-0.25, -0.2) is 18.1 Å². The van der Waals surface area contributed by atoms with Gasteiger partial charge in [-0.3, -0.25) is 0 Å². The van der Waals surface area contributed by atoms with Gasteiger partial charge in [-0.05, 0) is 25.1 Å². The number of pyridine rings is 1. The maximum Gasteiger partial charge on any atom is 0.242 e. The molecule has 2 rings (SSSR count). The Labute approximate surface area is 99.7 Å². The predicted octanol–water partition coefficient (Wildman–Crippen LogP) is -0.407. The van der Waals surface area contributed by atoms with E-state index >= 15 is 0 Å². The third-order valence-corrected chi connectivity index (χ3v) is 4.05. The number of nitrogens with zero attached hydrogens (tertiary/aromatic N) is 2. The van der Waals surface area contributed by atoms with E-state index in [1.807, 2.05) is 6.07 Å². The van der Waals surface area contributed by atoms with Gasteiger partial charge in [-0.1, -0.05) is 0 Å². The molecule has 1 atom stereocenters. The Balaban J connectivity index is 2.16. The third kappa shape index (κ3) is 2.79. The molecule has 7 heteroatoms. The first-order valence-corrected chi connectivity index (χ1v) is 6.69. The molecule has 0 spiro atoms. The number of rotatable bonds is 3. The quantitative estimate of drug-likeness (QED) is 0.762. The van der Waals surface area contributed by atoms with Crippen LogP contribution in [0, 0.1) is 11.3 Å². The summed E-state index contributed by atoms with van der Waals surface area (Å²) >= 11 is 0. The van der Waals surface area contributed by atoms with E-state index in [9.17, 15) is 8.42 Å². The number of nitrogens with one attached hydrogen (secondary N) is 2. The van der Waals surface area contributed by atoms with Crippen LogP contribution >= 0.6 is 0 Å². The Morgan fingerprint density at radius 3 is 2.88 bits per heavy atom. The minimum absolute atomic E-state index is 0.0735. The molecule has 0 aliphatic carbocycles. The first-order chi connectivity index (χ1) is 8.12. The first-order valence-electron chi connectivity index (χ1n) is 5.21. The van der Waals surface area contributed by atoms with Crippen molar-refractivity contribution >= 4 is 10.0 Å². The van der Waals surface area contributed by atoms with Crippen LogP contribution in [0.5, 0.6) is 0 Å². The Hall–Kier alpha value is -1.49. The molecule has 0 saturated carbocycles. The molecule has 0 aromatic carbocycles. The Morgan fingerprint density at radius 1 is 1.53 bits per heavy atom. The second kappa shape index (κ2) is 4.79. The molecule has 1 fully saturated rings. The highest BCUT2D eigenvalue weighted by Gasteiger charge is 2.22. The predicted molar refractivity (Wildman–Crippen MR) is 60.5 cm³/mol. The van der Waals surface area contributed by atoms with E-state index in [0.717, 1.165) is 13.0 Å². The van der Waals surface area contributed by atoms with Crippen molar-refractivity contribution in [1.82, 2.24) is 15.0 Å². The van der Waals surface area contributed by atoms with Gasteiger partial charge in [0.15, 0.2) is 0 Å². The van der Waals surface area contributed by atoms with Gasteiger partial charge in [-0.15, -0.1) is 0 Å². The topological polar surface area (TPSA) is 94.9 Å². The third-order valence-electron chi connectivity index (χ3n) is 2.54. The number of sulfonamides is 1. The molecule has 0 bridgehead atoms. The van der Waals surface area contributed by atoms with E-state index in [1.54, 1.807) is 0 Å². The maximum absolute atomic E-state index is 11.9. The SMILES string of the molecule is N#Cc1ccc(S(=O)(=O)N[C@H]2CCNC2)cn1. The van der Waals surface area contributed by atoms with Crippen LogP contribution in [0.3, 0.4) is 0 Å². The highest BCUT2D eigenvalue weighted by atomic mass is 32.2. The van der Waals surface area contributed by atoms with Crippen molar-refractivity contribution in [1.29, 1.82) is 5.26 Å². The van der Waals surface area contributed by atoms with Crippen molar-refractivity contribution in [2.75, 3.05) is 13.1 Å². The Kier molecular flexibility index (Phi) is 3.38. The minimum Gasteiger partial charge on any atom is -0.315 e. The lowest BCUT2D eigenvalue weighted by Crippen LogP contribution is -2.36. The van der Waals surface area contributed by atoms with E-state index in [0.29, 0.717) is 6.54 Å². The van der Waals surface area contributed by atoms with Gasteiger partial charge in [0, 0.05) is 18.8 Å². The van der Waals surface area contributed by atoms with Gasteiger partial charge in [0.05, 0.1) is 0 Å².